The minimum atomic E-state index is -0.301. The minimum absolute atomic E-state index is 0.171. The number of nitrogens with zero attached hydrogens (tertiary/aromatic N) is 5. The lowest BCUT2D eigenvalue weighted by Gasteiger charge is -2.04. The molecule has 0 spiro atoms. The number of anilines is 2. The number of tetrazole rings is 1. The van der Waals surface area contributed by atoms with Gasteiger partial charge in [0, 0.05) is 18.3 Å². The fourth-order valence-corrected chi connectivity index (χ4v) is 1.36. The zero-order valence-electron chi connectivity index (χ0n) is 10.1. The number of carbonyl (C=O) groups excluding carboxylic acids is 1. The number of carbonyl (C=O) groups is 1. The van der Waals surface area contributed by atoms with Crippen molar-refractivity contribution in [2.24, 2.45) is 7.05 Å². The number of nitrogens with one attached hydrogen (secondary N) is 2. The van der Waals surface area contributed by atoms with Crippen LogP contribution in [0.2, 0.25) is 0 Å². The Kier molecular flexibility index (Phi) is 3.46. The molecule has 2 aromatic heterocycles. The van der Waals surface area contributed by atoms with E-state index in [1.165, 1.54) is 4.80 Å². The highest BCUT2D eigenvalue weighted by atomic mass is 16.1. The second kappa shape index (κ2) is 5.21. The van der Waals surface area contributed by atoms with E-state index in [-0.39, 0.29) is 11.9 Å². The molecule has 0 aliphatic carbocycles. The Morgan fingerprint density at radius 3 is 3.00 bits per heavy atom. The van der Waals surface area contributed by atoms with Crippen LogP contribution in [0.4, 0.5) is 11.8 Å². The summed E-state index contributed by atoms with van der Waals surface area (Å²) >= 11 is 0. The van der Waals surface area contributed by atoms with E-state index in [9.17, 15) is 4.79 Å². The maximum atomic E-state index is 11.9. The van der Waals surface area contributed by atoms with Crippen LogP contribution >= 0.6 is 0 Å². The van der Waals surface area contributed by atoms with E-state index < -0.39 is 0 Å². The van der Waals surface area contributed by atoms with Crippen LogP contribution in [0.25, 0.3) is 0 Å². The molecule has 0 saturated carbocycles. The smallest absolute Gasteiger partial charge is 0.270 e. The van der Waals surface area contributed by atoms with E-state index >= 15 is 0 Å². The molecule has 0 radical (unpaired) electrons. The van der Waals surface area contributed by atoms with Crippen LogP contribution in [0.5, 0.6) is 0 Å². The van der Waals surface area contributed by atoms with Crippen molar-refractivity contribution in [1.82, 2.24) is 25.2 Å². The van der Waals surface area contributed by atoms with Gasteiger partial charge in [0.2, 0.25) is 0 Å². The third-order valence-electron chi connectivity index (χ3n) is 2.11. The average Bonchev–Trinajstić information content (AvgIpc) is 2.75. The van der Waals surface area contributed by atoms with Crippen LogP contribution in [0.1, 0.15) is 17.3 Å². The number of aromatic nitrogens is 5. The van der Waals surface area contributed by atoms with Gasteiger partial charge in [-0.3, -0.25) is 10.1 Å². The molecule has 0 fully saturated rings. The molecule has 94 valence electrons. The van der Waals surface area contributed by atoms with E-state index in [0.717, 1.165) is 6.54 Å². The first-order valence-electron chi connectivity index (χ1n) is 5.44. The largest absolute Gasteiger partial charge is 0.370 e. The molecular weight excluding hydrogens is 234 g/mol. The fraction of sp³-hybridized carbons (Fsp3) is 0.300. The predicted molar refractivity (Wildman–Crippen MR) is 65.2 cm³/mol. The van der Waals surface area contributed by atoms with Gasteiger partial charge in [-0.2, -0.15) is 4.80 Å². The Bertz CT molecular complexity index is 551. The molecule has 8 nitrogen and oxygen atoms in total. The van der Waals surface area contributed by atoms with Gasteiger partial charge in [-0.05, 0) is 24.3 Å². The van der Waals surface area contributed by atoms with Crippen LogP contribution in [0.3, 0.4) is 0 Å². The van der Waals surface area contributed by atoms with Crippen molar-refractivity contribution in [1.29, 1.82) is 0 Å². The van der Waals surface area contributed by atoms with Gasteiger partial charge in [-0.25, -0.2) is 4.98 Å². The summed E-state index contributed by atoms with van der Waals surface area (Å²) in [4.78, 5) is 17.3. The van der Waals surface area contributed by atoms with Crippen LogP contribution < -0.4 is 10.6 Å². The first-order chi connectivity index (χ1) is 8.69. The molecule has 0 atom stereocenters. The first-order valence-corrected chi connectivity index (χ1v) is 5.44. The molecule has 2 N–H and O–H groups in total. The Hall–Kier alpha value is -2.51. The summed E-state index contributed by atoms with van der Waals surface area (Å²) in [6, 6.07) is 3.28. The lowest BCUT2D eigenvalue weighted by Crippen LogP contribution is -2.14. The average molecular weight is 247 g/mol. The Morgan fingerprint density at radius 2 is 2.33 bits per heavy atom. The lowest BCUT2D eigenvalue weighted by atomic mass is 10.2. The van der Waals surface area contributed by atoms with Gasteiger partial charge in [0.05, 0.1) is 7.05 Å². The lowest BCUT2D eigenvalue weighted by molar-refractivity contribution is 0.102. The number of hydrogen-bond donors (Lipinski definition) is 2. The van der Waals surface area contributed by atoms with Crippen molar-refractivity contribution >= 4 is 17.7 Å². The van der Waals surface area contributed by atoms with E-state index in [2.05, 4.69) is 31.0 Å². The van der Waals surface area contributed by atoms with E-state index in [1.807, 2.05) is 6.92 Å². The van der Waals surface area contributed by atoms with Gasteiger partial charge < -0.3 is 5.32 Å². The fourth-order valence-electron chi connectivity index (χ4n) is 1.36. The zero-order valence-corrected chi connectivity index (χ0v) is 10.1. The second-order valence-corrected chi connectivity index (χ2v) is 3.52. The molecule has 0 aromatic carbocycles. The van der Waals surface area contributed by atoms with Gasteiger partial charge >= 0.3 is 0 Å². The Morgan fingerprint density at radius 1 is 1.50 bits per heavy atom. The predicted octanol–water partition coefficient (Wildman–Crippen LogP) is 0.289. The molecule has 2 heterocycles. The SMILES string of the molecule is CCNc1cc(C(=O)Nc2nnn(C)n2)ccn1. The normalized spacial score (nSPS) is 10.1. The number of hydrogen-bond acceptors (Lipinski definition) is 6. The summed E-state index contributed by atoms with van der Waals surface area (Å²) in [5.74, 6) is 0.520. The van der Waals surface area contributed by atoms with Crippen LogP contribution in [0.15, 0.2) is 18.3 Å². The summed E-state index contributed by atoms with van der Waals surface area (Å²) in [5.41, 5.74) is 0.480. The van der Waals surface area contributed by atoms with Gasteiger partial charge in [-0.1, -0.05) is 5.10 Å². The van der Waals surface area contributed by atoms with Gasteiger partial charge in [0.15, 0.2) is 0 Å². The highest BCUT2D eigenvalue weighted by molar-refractivity contribution is 6.03. The molecular formula is C10H13N7O. The quantitative estimate of drug-likeness (QED) is 0.805. The molecule has 8 heteroatoms. The van der Waals surface area contributed by atoms with Crippen molar-refractivity contribution < 1.29 is 4.79 Å². The standard InChI is InChI=1S/C10H13N7O/c1-3-11-8-6-7(4-5-12-8)9(18)13-10-14-16-17(2)15-10/h4-6H,3H2,1-2H3,(H,11,12)(H,13,15,18). The van der Waals surface area contributed by atoms with E-state index in [0.29, 0.717) is 11.4 Å². The summed E-state index contributed by atoms with van der Waals surface area (Å²) < 4.78 is 0. The Balaban J connectivity index is 2.11. The second-order valence-electron chi connectivity index (χ2n) is 3.52. The van der Waals surface area contributed by atoms with Crippen molar-refractivity contribution in [3.05, 3.63) is 23.9 Å². The third-order valence-corrected chi connectivity index (χ3v) is 2.11. The summed E-state index contributed by atoms with van der Waals surface area (Å²) in [5, 5.41) is 16.8. The molecule has 0 aliphatic heterocycles. The molecule has 0 aliphatic rings. The van der Waals surface area contributed by atoms with Crippen molar-refractivity contribution in [2.45, 2.75) is 6.92 Å². The number of amides is 1. The summed E-state index contributed by atoms with van der Waals surface area (Å²) in [6.07, 6.45) is 1.57. The van der Waals surface area contributed by atoms with Crippen molar-refractivity contribution in [3.63, 3.8) is 0 Å². The molecule has 2 rings (SSSR count). The summed E-state index contributed by atoms with van der Waals surface area (Å²) in [7, 11) is 1.62. The zero-order chi connectivity index (χ0) is 13.0. The first kappa shape index (κ1) is 12.0. The van der Waals surface area contributed by atoms with Crippen LogP contribution in [-0.2, 0) is 7.05 Å². The third kappa shape index (κ3) is 2.78. The molecule has 0 bridgehead atoms. The maximum absolute atomic E-state index is 11.9. The van der Waals surface area contributed by atoms with Gasteiger partial charge in [0.25, 0.3) is 11.9 Å². The van der Waals surface area contributed by atoms with Gasteiger partial charge in [-0.15, -0.1) is 5.10 Å². The topological polar surface area (TPSA) is 97.6 Å². The monoisotopic (exact) mass is 247 g/mol. The highest BCUT2D eigenvalue weighted by Crippen LogP contribution is 2.08. The molecule has 0 saturated heterocycles. The molecule has 1 amide bonds. The van der Waals surface area contributed by atoms with E-state index in [1.54, 1.807) is 25.4 Å². The highest BCUT2D eigenvalue weighted by Gasteiger charge is 2.10. The van der Waals surface area contributed by atoms with Gasteiger partial charge in [0.1, 0.15) is 5.82 Å². The number of pyridine rings is 1. The minimum Gasteiger partial charge on any atom is -0.370 e. The summed E-state index contributed by atoms with van der Waals surface area (Å²) in [6.45, 7) is 2.70. The van der Waals surface area contributed by atoms with E-state index in [4.69, 9.17) is 0 Å². The van der Waals surface area contributed by atoms with Crippen LogP contribution in [0, 0.1) is 0 Å². The van der Waals surface area contributed by atoms with Crippen molar-refractivity contribution in [2.75, 3.05) is 17.2 Å². The molecule has 18 heavy (non-hydrogen) atoms. The number of aryl methyl sites for hydroxylation is 1. The van der Waals surface area contributed by atoms with Crippen molar-refractivity contribution in [3.8, 4) is 0 Å². The molecule has 0 unspecified atom stereocenters. The number of rotatable bonds is 4. The Labute approximate surface area is 103 Å². The van der Waals surface area contributed by atoms with Crippen LogP contribution in [-0.4, -0.2) is 37.6 Å². The maximum Gasteiger partial charge on any atom is 0.270 e. The molecule has 2 aromatic rings.